The molecule has 0 spiro atoms. The summed E-state index contributed by atoms with van der Waals surface area (Å²) in [6.07, 6.45) is 2.14. The number of nitrogens with zero attached hydrogens (tertiary/aromatic N) is 2. The van der Waals surface area contributed by atoms with E-state index >= 15 is 0 Å². The van der Waals surface area contributed by atoms with Gasteiger partial charge in [0.05, 0.1) is 17.9 Å². The van der Waals surface area contributed by atoms with E-state index in [9.17, 15) is 14.4 Å². The van der Waals surface area contributed by atoms with Gasteiger partial charge in [-0.3, -0.25) is 9.69 Å². The minimum atomic E-state index is -0.913. The number of rotatable bonds is 8. The van der Waals surface area contributed by atoms with Crippen LogP contribution in [0, 0.1) is 6.92 Å². The van der Waals surface area contributed by atoms with Crippen LogP contribution in [-0.4, -0.2) is 42.1 Å². The lowest BCUT2D eigenvalue weighted by Crippen LogP contribution is -2.45. The standard InChI is InChI=1S/C22H26N2O5S/c1-4-6-9-12-24(22-23-14(3)18(30-22)21(27)28-5-2)19(25)17-13-15-10-7-8-11-16(15)20(26)29-17/h7-8,10-11,17H,4-6,9,12-13H2,1-3H3. The van der Waals surface area contributed by atoms with Crippen LogP contribution in [0.5, 0.6) is 0 Å². The molecule has 1 unspecified atom stereocenters. The van der Waals surface area contributed by atoms with Crippen molar-refractivity contribution in [1.29, 1.82) is 0 Å². The number of benzene rings is 1. The predicted octanol–water partition coefficient (Wildman–Crippen LogP) is 3.93. The zero-order valence-electron chi connectivity index (χ0n) is 17.5. The summed E-state index contributed by atoms with van der Waals surface area (Å²) in [5, 5.41) is 0.423. The summed E-state index contributed by atoms with van der Waals surface area (Å²) in [7, 11) is 0. The highest BCUT2D eigenvalue weighted by molar-refractivity contribution is 7.17. The van der Waals surface area contributed by atoms with E-state index in [1.807, 2.05) is 12.1 Å². The third-order valence-corrected chi connectivity index (χ3v) is 6.06. The van der Waals surface area contributed by atoms with Crippen LogP contribution in [0.3, 0.4) is 0 Å². The van der Waals surface area contributed by atoms with Gasteiger partial charge in [-0.2, -0.15) is 0 Å². The first-order chi connectivity index (χ1) is 14.5. The Morgan fingerprint density at radius 3 is 2.77 bits per heavy atom. The first kappa shape index (κ1) is 22.0. The number of thiazole rings is 1. The van der Waals surface area contributed by atoms with Gasteiger partial charge in [0.1, 0.15) is 4.88 Å². The molecule has 8 heteroatoms. The molecule has 3 rings (SSSR count). The van der Waals surface area contributed by atoms with Crippen molar-refractivity contribution in [1.82, 2.24) is 4.98 Å². The molecule has 0 saturated heterocycles. The first-order valence-corrected chi connectivity index (χ1v) is 11.0. The molecule has 1 aliphatic heterocycles. The number of unbranched alkanes of at least 4 members (excludes halogenated alkanes) is 2. The Labute approximate surface area is 180 Å². The molecule has 160 valence electrons. The second-order valence-electron chi connectivity index (χ2n) is 7.08. The summed E-state index contributed by atoms with van der Waals surface area (Å²) in [6, 6.07) is 7.15. The van der Waals surface area contributed by atoms with Crippen LogP contribution in [0.2, 0.25) is 0 Å². The SMILES string of the molecule is CCCCCN(C(=O)C1Cc2ccccc2C(=O)O1)c1nc(C)c(C(=O)OCC)s1. The number of hydrogen-bond donors (Lipinski definition) is 0. The first-order valence-electron chi connectivity index (χ1n) is 10.2. The van der Waals surface area contributed by atoms with Crippen LogP contribution in [0.1, 0.15) is 64.4 Å². The maximum absolute atomic E-state index is 13.4. The van der Waals surface area contributed by atoms with E-state index in [-0.39, 0.29) is 12.5 Å². The zero-order valence-corrected chi connectivity index (χ0v) is 18.3. The highest BCUT2D eigenvalue weighted by atomic mass is 32.1. The Morgan fingerprint density at radius 2 is 2.03 bits per heavy atom. The zero-order chi connectivity index (χ0) is 21.7. The molecular formula is C22H26N2O5S. The van der Waals surface area contributed by atoms with Crippen molar-refractivity contribution in [2.45, 2.75) is 52.6 Å². The molecular weight excluding hydrogens is 404 g/mol. The molecule has 0 saturated carbocycles. The molecule has 0 radical (unpaired) electrons. The van der Waals surface area contributed by atoms with Crippen molar-refractivity contribution >= 4 is 34.3 Å². The van der Waals surface area contributed by atoms with Gasteiger partial charge in [0.2, 0.25) is 0 Å². The smallest absolute Gasteiger partial charge is 0.350 e. The second kappa shape index (κ2) is 9.84. The molecule has 2 aromatic rings. The Hall–Kier alpha value is -2.74. The van der Waals surface area contributed by atoms with Crippen molar-refractivity contribution in [2.24, 2.45) is 0 Å². The maximum Gasteiger partial charge on any atom is 0.350 e. The lowest BCUT2D eigenvalue weighted by molar-refractivity contribution is -0.127. The molecule has 1 aliphatic rings. The van der Waals surface area contributed by atoms with Crippen molar-refractivity contribution in [2.75, 3.05) is 18.1 Å². The maximum atomic E-state index is 13.4. The fourth-order valence-electron chi connectivity index (χ4n) is 3.35. The second-order valence-corrected chi connectivity index (χ2v) is 8.06. The number of carbonyl (C=O) groups excluding carboxylic acids is 3. The Morgan fingerprint density at radius 1 is 1.27 bits per heavy atom. The van der Waals surface area contributed by atoms with Gasteiger partial charge in [0.25, 0.3) is 5.91 Å². The fraction of sp³-hybridized carbons (Fsp3) is 0.455. The fourth-order valence-corrected chi connectivity index (χ4v) is 4.34. The number of esters is 2. The van der Waals surface area contributed by atoms with Crippen molar-refractivity contribution in [3.63, 3.8) is 0 Å². The molecule has 0 N–H and O–H groups in total. The number of aromatic nitrogens is 1. The molecule has 1 atom stereocenters. The lowest BCUT2D eigenvalue weighted by Gasteiger charge is -2.28. The number of fused-ring (bicyclic) bond motifs is 1. The summed E-state index contributed by atoms with van der Waals surface area (Å²) in [6.45, 7) is 6.25. The number of aryl methyl sites for hydroxylation is 1. The van der Waals surface area contributed by atoms with Gasteiger partial charge in [-0.1, -0.05) is 49.3 Å². The number of amides is 1. The van der Waals surface area contributed by atoms with E-state index in [4.69, 9.17) is 9.47 Å². The highest BCUT2D eigenvalue weighted by Gasteiger charge is 2.35. The number of anilines is 1. The molecule has 0 fully saturated rings. The number of ether oxygens (including phenoxy) is 2. The van der Waals surface area contributed by atoms with Gasteiger partial charge < -0.3 is 9.47 Å². The average molecular weight is 431 g/mol. The largest absolute Gasteiger partial charge is 0.462 e. The molecule has 0 aliphatic carbocycles. The summed E-state index contributed by atoms with van der Waals surface area (Å²) in [4.78, 5) is 44.3. The van der Waals surface area contributed by atoms with Crippen molar-refractivity contribution in [3.05, 3.63) is 46.0 Å². The summed E-state index contributed by atoms with van der Waals surface area (Å²) in [5.41, 5.74) is 1.81. The van der Waals surface area contributed by atoms with E-state index < -0.39 is 18.0 Å². The number of cyclic esters (lactones) is 1. The molecule has 1 aromatic heterocycles. The quantitative estimate of drug-likeness (QED) is 0.466. The van der Waals surface area contributed by atoms with Crippen LogP contribution in [0.25, 0.3) is 0 Å². The monoisotopic (exact) mass is 430 g/mol. The third kappa shape index (κ3) is 4.70. The lowest BCUT2D eigenvalue weighted by atomic mass is 9.98. The minimum Gasteiger partial charge on any atom is -0.462 e. The van der Waals surface area contributed by atoms with Gasteiger partial charge in [0, 0.05) is 13.0 Å². The van der Waals surface area contributed by atoms with Crippen LogP contribution in [0.4, 0.5) is 5.13 Å². The Balaban J connectivity index is 1.87. The van der Waals surface area contributed by atoms with Crippen molar-refractivity contribution < 1.29 is 23.9 Å². The highest BCUT2D eigenvalue weighted by Crippen LogP contribution is 2.30. The van der Waals surface area contributed by atoms with Crippen LogP contribution < -0.4 is 4.90 Å². The summed E-state index contributed by atoms with van der Waals surface area (Å²) < 4.78 is 10.6. The molecule has 30 heavy (non-hydrogen) atoms. The van der Waals surface area contributed by atoms with E-state index in [1.54, 1.807) is 30.9 Å². The summed E-state index contributed by atoms with van der Waals surface area (Å²) in [5.74, 6) is -1.26. The van der Waals surface area contributed by atoms with Crippen LogP contribution >= 0.6 is 11.3 Å². The molecule has 1 amide bonds. The van der Waals surface area contributed by atoms with E-state index in [0.29, 0.717) is 34.2 Å². The van der Waals surface area contributed by atoms with Crippen molar-refractivity contribution in [3.8, 4) is 0 Å². The number of carbonyl (C=O) groups is 3. The average Bonchev–Trinajstić information content (AvgIpc) is 3.12. The molecule has 2 heterocycles. The molecule has 7 nitrogen and oxygen atoms in total. The van der Waals surface area contributed by atoms with Gasteiger partial charge in [-0.15, -0.1) is 0 Å². The Kier molecular flexibility index (Phi) is 7.20. The topological polar surface area (TPSA) is 85.8 Å². The van der Waals surface area contributed by atoms with Gasteiger partial charge in [0.15, 0.2) is 11.2 Å². The minimum absolute atomic E-state index is 0.266. The molecule has 0 bridgehead atoms. The van der Waals surface area contributed by atoms with E-state index in [1.165, 1.54) is 0 Å². The van der Waals surface area contributed by atoms with Crippen LogP contribution in [0.15, 0.2) is 24.3 Å². The third-order valence-electron chi connectivity index (χ3n) is 4.90. The number of hydrogen-bond acceptors (Lipinski definition) is 7. The Bertz CT molecular complexity index is 939. The van der Waals surface area contributed by atoms with Crippen LogP contribution in [-0.2, 0) is 20.7 Å². The van der Waals surface area contributed by atoms with Gasteiger partial charge in [-0.25, -0.2) is 14.6 Å². The van der Waals surface area contributed by atoms with E-state index in [2.05, 4.69) is 11.9 Å². The normalized spacial score (nSPS) is 15.3. The van der Waals surface area contributed by atoms with Gasteiger partial charge >= 0.3 is 11.9 Å². The summed E-state index contributed by atoms with van der Waals surface area (Å²) >= 11 is 1.13. The molecule has 1 aromatic carbocycles. The van der Waals surface area contributed by atoms with Gasteiger partial charge in [-0.05, 0) is 31.9 Å². The van der Waals surface area contributed by atoms with E-state index in [0.717, 1.165) is 36.2 Å². The predicted molar refractivity (Wildman–Crippen MR) is 114 cm³/mol.